The molecule has 0 unspecified atom stereocenters. The molecule has 1 aliphatic heterocycles. The molecule has 2 N–H and O–H groups in total. The van der Waals surface area contributed by atoms with Gasteiger partial charge in [-0.15, -0.1) is 0 Å². The van der Waals surface area contributed by atoms with E-state index >= 15 is 0 Å². The smallest absolute Gasteiger partial charge is 0.191 e. The molecule has 24 heavy (non-hydrogen) atoms. The molecular formula is C17H21FN6. The number of rotatable bonds is 4. The summed E-state index contributed by atoms with van der Waals surface area (Å²) in [7, 11) is 0. The van der Waals surface area contributed by atoms with Gasteiger partial charge in [0.2, 0.25) is 0 Å². The summed E-state index contributed by atoms with van der Waals surface area (Å²) < 4.78 is 13.0. The van der Waals surface area contributed by atoms with E-state index in [0.29, 0.717) is 12.5 Å². The van der Waals surface area contributed by atoms with E-state index in [-0.39, 0.29) is 5.82 Å². The van der Waals surface area contributed by atoms with E-state index in [9.17, 15) is 4.39 Å². The number of anilines is 1. The zero-order valence-corrected chi connectivity index (χ0v) is 13.5. The van der Waals surface area contributed by atoms with Crippen LogP contribution in [0.5, 0.6) is 0 Å². The second-order valence-electron chi connectivity index (χ2n) is 5.64. The molecule has 1 aromatic carbocycles. The van der Waals surface area contributed by atoms with E-state index in [4.69, 9.17) is 5.73 Å². The van der Waals surface area contributed by atoms with Gasteiger partial charge in [0.25, 0.3) is 0 Å². The normalized spacial score (nSPS) is 15.6. The first kappa shape index (κ1) is 16.2. The van der Waals surface area contributed by atoms with Gasteiger partial charge in [-0.1, -0.05) is 0 Å². The predicted molar refractivity (Wildman–Crippen MR) is 92.4 cm³/mol. The minimum atomic E-state index is -0.211. The number of benzene rings is 1. The number of guanidine groups is 1. The first-order valence-electron chi connectivity index (χ1n) is 8.02. The van der Waals surface area contributed by atoms with Gasteiger partial charge in [0.15, 0.2) is 5.96 Å². The van der Waals surface area contributed by atoms with Crippen molar-refractivity contribution in [3.63, 3.8) is 0 Å². The molecular weight excluding hydrogens is 307 g/mol. The Bertz CT molecular complexity index is 665. The summed E-state index contributed by atoms with van der Waals surface area (Å²) in [5.41, 5.74) is 8.04. The van der Waals surface area contributed by atoms with E-state index in [0.717, 1.165) is 44.0 Å². The summed E-state index contributed by atoms with van der Waals surface area (Å²) in [6.45, 7) is 3.89. The highest BCUT2D eigenvalue weighted by molar-refractivity contribution is 5.78. The third kappa shape index (κ3) is 4.18. The Morgan fingerprint density at radius 2 is 1.88 bits per heavy atom. The molecule has 7 heteroatoms. The van der Waals surface area contributed by atoms with Crippen molar-refractivity contribution in [1.82, 2.24) is 14.9 Å². The Morgan fingerprint density at radius 1 is 1.12 bits per heavy atom. The summed E-state index contributed by atoms with van der Waals surface area (Å²) in [5.74, 6) is 0.356. The maximum atomic E-state index is 13.0. The SMILES string of the molecule is NC(=NCCc1cnccn1)N1CCN(c2ccc(F)cc2)CC1. The molecule has 0 amide bonds. The predicted octanol–water partition coefficient (Wildman–Crippen LogP) is 1.30. The summed E-state index contributed by atoms with van der Waals surface area (Å²) >= 11 is 0. The van der Waals surface area contributed by atoms with Crippen LogP contribution >= 0.6 is 0 Å². The van der Waals surface area contributed by atoms with Crippen LogP contribution in [0.15, 0.2) is 47.8 Å². The first-order valence-corrected chi connectivity index (χ1v) is 8.02. The van der Waals surface area contributed by atoms with Crippen LogP contribution in [-0.2, 0) is 6.42 Å². The van der Waals surface area contributed by atoms with Gasteiger partial charge >= 0.3 is 0 Å². The number of nitrogens with zero attached hydrogens (tertiary/aromatic N) is 5. The highest BCUT2D eigenvalue weighted by atomic mass is 19.1. The van der Waals surface area contributed by atoms with Crippen LogP contribution in [0, 0.1) is 5.82 Å². The van der Waals surface area contributed by atoms with Crippen LogP contribution in [0.4, 0.5) is 10.1 Å². The van der Waals surface area contributed by atoms with Crippen molar-refractivity contribution in [3.05, 3.63) is 54.4 Å². The summed E-state index contributed by atoms with van der Waals surface area (Å²) in [4.78, 5) is 17.0. The van der Waals surface area contributed by atoms with Crippen molar-refractivity contribution >= 4 is 11.6 Å². The Balaban J connectivity index is 1.48. The van der Waals surface area contributed by atoms with E-state index in [2.05, 4.69) is 24.8 Å². The third-order valence-electron chi connectivity index (χ3n) is 4.05. The summed E-state index contributed by atoms with van der Waals surface area (Å²) in [6, 6.07) is 6.60. The van der Waals surface area contributed by atoms with E-state index < -0.39 is 0 Å². The van der Waals surface area contributed by atoms with Gasteiger partial charge in [0.05, 0.1) is 5.69 Å². The lowest BCUT2D eigenvalue weighted by Gasteiger charge is -2.36. The molecule has 0 saturated carbocycles. The van der Waals surface area contributed by atoms with Crippen molar-refractivity contribution in [2.75, 3.05) is 37.6 Å². The highest BCUT2D eigenvalue weighted by Gasteiger charge is 2.18. The number of aliphatic imine (C=N–C) groups is 1. The first-order chi connectivity index (χ1) is 11.7. The van der Waals surface area contributed by atoms with Gasteiger partial charge in [-0.3, -0.25) is 15.0 Å². The van der Waals surface area contributed by atoms with Gasteiger partial charge in [0, 0.05) is 63.4 Å². The maximum Gasteiger partial charge on any atom is 0.191 e. The largest absolute Gasteiger partial charge is 0.370 e. The molecule has 2 aromatic rings. The van der Waals surface area contributed by atoms with E-state index in [1.165, 1.54) is 12.1 Å². The summed E-state index contributed by atoms with van der Waals surface area (Å²) in [5, 5.41) is 0. The van der Waals surface area contributed by atoms with Crippen LogP contribution in [0.3, 0.4) is 0 Å². The Kier molecular flexibility index (Phi) is 5.20. The molecule has 2 heterocycles. The number of hydrogen-bond donors (Lipinski definition) is 1. The molecule has 0 atom stereocenters. The second-order valence-corrected chi connectivity index (χ2v) is 5.64. The Morgan fingerprint density at radius 3 is 2.54 bits per heavy atom. The van der Waals surface area contributed by atoms with Gasteiger partial charge in [-0.25, -0.2) is 4.39 Å². The molecule has 1 aromatic heterocycles. The zero-order chi connectivity index (χ0) is 16.8. The van der Waals surface area contributed by atoms with Gasteiger partial charge in [-0.2, -0.15) is 0 Å². The molecule has 0 bridgehead atoms. The fraction of sp³-hybridized carbons (Fsp3) is 0.353. The van der Waals surface area contributed by atoms with Gasteiger partial charge in [-0.05, 0) is 24.3 Å². The third-order valence-corrected chi connectivity index (χ3v) is 4.05. The molecule has 0 radical (unpaired) electrons. The molecule has 0 aliphatic carbocycles. The molecule has 3 rings (SSSR count). The Labute approximate surface area is 140 Å². The van der Waals surface area contributed by atoms with Crippen LogP contribution in [0.25, 0.3) is 0 Å². The lowest BCUT2D eigenvalue weighted by Crippen LogP contribution is -2.51. The van der Waals surface area contributed by atoms with E-state index in [1.807, 2.05) is 12.1 Å². The van der Waals surface area contributed by atoms with Crippen molar-refractivity contribution < 1.29 is 4.39 Å². The number of nitrogens with two attached hydrogens (primary N) is 1. The number of hydrogen-bond acceptors (Lipinski definition) is 4. The number of halogens is 1. The molecule has 126 valence electrons. The average molecular weight is 328 g/mol. The fourth-order valence-electron chi connectivity index (χ4n) is 2.69. The lowest BCUT2D eigenvalue weighted by molar-refractivity contribution is 0.381. The van der Waals surface area contributed by atoms with Gasteiger partial charge < -0.3 is 15.5 Å². The minimum Gasteiger partial charge on any atom is -0.370 e. The minimum absolute atomic E-state index is 0.211. The van der Waals surface area contributed by atoms with Gasteiger partial charge in [0.1, 0.15) is 5.82 Å². The molecule has 1 fully saturated rings. The second kappa shape index (κ2) is 7.72. The van der Waals surface area contributed by atoms with Crippen molar-refractivity contribution in [2.24, 2.45) is 10.7 Å². The van der Waals surface area contributed by atoms with Crippen LogP contribution in [0.2, 0.25) is 0 Å². The Hall–Kier alpha value is -2.70. The van der Waals surface area contributed by atoms with Crippen molar-refractivity contribution in [3.8, 4) is 0 Å². The molecule has 0 spiro atoms. The fourth-order valence-corrected chi connectivity index (χ4v) is 2.69. The molecule has 1 saturated heterocycles. The van der Waals surface area contributed by atoms with E-state index in [1.54, 1.807) is 18.6 Å². The van der Waals surface area contributed by atoms with Crippen LogP contribution < -0.4 is 10.6 Å². The van der Waals surface area contributed by atoms with Crippen molar-refractivity contribution in [2.45, 2.75) is 6.42 Å². The van der Waals surface area contributed by atoms with Crippen molar-refractivity contribution in [1.29, 1.82) is 0 Å². The van der Waals surface area contributed by atoms with Crippen LogP contribution in [0.1, 0.15) is 5.69 Å². The maximum absolute atomic E-state index is 13.0. The number of piperazine rings is 1. The zero-order valence-electron chi connectivity index (χ0n) is 13.5. The quantitative estimate of drug-likeness (QED) is 0.676. The average Bonchev–Trinajstić information content (AvgIpc) is 2.63. The molecule has 1 aliphatic rings. The molecule has 6 nitrogen and oxygen atoms in total. The van der Waals surface area contributed by atoms with Crippen LogP contribution in [-0.4, -0.2) is 53.6 Å². The highest BCUT2D eigenvalue weighted by Crippen LogP contribution is 2.16. The lowest BCUT2D eigenvalue weighted by atomic mass is 10.2. The topological polar surface area (TPSA) is 70.6 Å². The monoisotopic (exact) mass is 328 g/mol. The summed E-state index contributed by atoms with van der Waals surface area (Å²) in [6.07, 6.45) is 5.80. The standard InChI is InChI=1S/C17H21FN6/c18-14-1-3-16(4-2-14)23-9-11-24(12-10-23)17(19)22-6-5-15-13-20-7-8-21-15/h1-4,7-8,13H,5-6,9-12H2,(H2,19,22). The number of aromatic nitrogens is 2.